The Balaban J connectivity index is 1.49. The van der Waals surface area contributed by atoms with Crippen molar-refractivity contribution in [2.75, 3.05) is 37.9 Å². The molecule has 2 aromatic carbocycles. The lowest BCUT2D eigenvalue weighted by Crippen LogP contribution is -2.48. The van der Waals surface area contributed by atoms with Gasteiger partial charge in [-0.25, -0.2) is 8.42 Å². The summed E-state index contributed by atoms with van der Waals surface area (Å²) in [4.78, 5) is 2.30. The maximum absolute atomic E-state index is 12.8. The first-order valence-corrected chi connectivity index (χ1v) is 9.77. The molecule has 2 aliphatic heterocycles. The Kier molecular flexibility index (Phi) is 4.23. The molecule has 1 fully saturated rings. The first kappa shape index (κ1) is 16.5. The summed E-state index contributed by atoms with van der Waals surface area (Å²) >= 11 is 6.06. The Bertz CT molecular complexity index is 895. The molecule has 25 heavy (non-hydrogen) atoms. The fraction of sp³-hybridized carbons (Fsp3) is 0.294. The highest BCUT2D eigenvalue weighted by molar-refractivity contribution is 7.89. The van der Waals surface area contributed by atoms with Gasteiger partial charge >= 0.3 is 0 Å². The van der Waals surface area contributed by atoms with E-state index in [0.717, 1.165) is 17.2 Å². The van der Waals surface area contributed by atoms with E-state index in [1.54, 1.807) is 24.3 Å². The highest BCUT2D eigenvalue weighted by atomic mass is 35.5. The molecule has 2 aromatic rings. The van der Waals surface area contributed by atoms with Gasteiger partial charge in [0.2, 0.25) is 16.8 Å². The van der Waals surface area contributed by atoms with Crippen molar-refractivity contribution in [1.82, 2.24) is 4.31 Å². The first-order valence-electron chi connectivity index (χ1n) is 7.95. The molecule has 0 spiro atoms. The number of nitrogens with zero attached hydrogens (tertiary/aromatic N) is 2. The van der Waals surface area contributed by atoms with Gasteiger partial charge < -0.3 is 14.4 Å². The first-order chi connectivity index (χ1) is 12.1. The van der Waals surface area contributed by atoms with Crippen LogP contribution in [-0.4, -0.2) is 45.7 Å². The number of hydrogen-bond acceptors (Lipinski definition) is 5. The zero-order chi connectivity index (χ0) is 17.4. The summed E-state index contributed by atoms with van der Waals surface area (Å²) in [6.45, 7) is 2.25. The van der Waals surface area contributed by atoms with E-state index in [0.29, 0.717) is 26.2 Å². The zero-order valence-corrected chi connectivity index (χ0v) is 15.0. The number of hydrogen-bond donors (Lipinski definition) is 0. The van der Waals surface area contributed by atoms with Crippen molar-refractivity contribution in [1.29, 1.82) is 0 Å². The number of fused-ring (bicyclic) bond motifs is 1. The van der Waals surface area contributed by atoms with Crippen LogP contribution in [0.25, 0.3) is 0 Å². The fourth-order valence-electron chi connectivity index (χ4n) is 3.06. The van der Waals surface area contributed by atoms with Gasteiger partial charge in [-0.05, 0) is 24.3 Å². The lowest BCUT2D eigenvalue weighted by atomic mass is 10.2. The molecule has 4 rings (SSSR count). The molecule has 0 saturated carbocycles. The minimum atomic E-state index is -3.58. The van der Waals surface area contributed by atoms with Crippen LogP contribution in [0.2, 0.25) is 5.02 Å². The van der Waals surface area contributed by atoms with E-state index < -0.39 is 10.0 Å². The molecule has 0 amide bonds. The number of halogens is 1. The highest BCUT2D eigenvalue weighted by Crippen LogP contribution is 2.36. The third-order valence-electron chi connectivity index (χ3n) is 4.41. The maximum atomic E-state index is 12.8. The molecule has 8 heteroatoms. The molecule has 2 heterocycles. The lowest BCUT2D eigenvalue weighted by molar-refractivity contribution is 0.174. The predicted octanol–water partition coefficient (Wildman–Crippen LogP) is 2.58. The number of benzene rings is 2. The van der Waals surface area contributed by atoms with Gasteiger partial charge in [-0.1, -0.05) is 23.7 Å². The van der Waals surface area contributed by atoms with Gasteiger partial charge in [-0.3, -0.25) is 0 Å². The minimum Gasteiger partial charge on any atom is -0.454 e. The summed E-state index contributed by atoms with van der Waals surface area (Å²) < 4.78 is 37.8. The zero-order valence-electron chi connectivity index (χ0n) is 13.4. The lowest BCUT2D eigenvalue weighted by Gasteiger charge is -2.35. The molecule has 0 atom stereocenters. The van der Waals surface area contributed by atoms with E-state index in [2.05, 4.69) is 4.90 Å². The third-order valence-corrected chi connectivity index (χ3v) is 6.81. The molecule has 0 radical (unpaired) electrons. The van der Waals surface area contributed by atoms with E-state index in [1.807, 2.05) is 18.2 Å². The van der Waals surface area contributed by atoms with Crippen molar-refractivity contribution in [3.63, 3.8) is 0 Å². The molecular weight excluding hydrogens is 364 g/mol. The number of anilines is 1. The number of ether oxygens (including phenoxy) is 2. The predicted molar refractivity (Wildman–Crippen MR) is 95.0 cm³/mol. The normalized spacial score (nSPS) is 17.7. The summed E-state index contributed by atoms with van der Waals surface area (Å²) in [5.74, 6) is 1.47. The molecule has 6 nitrogen and oxygen atoms in total. The van der Waals surface area contributed by atoms with Gasteiger partial charge in [0.05, 0.1) is 5.02 Å². The summed E-state index contributed by atoms with van der Waals surface area (Å²) in [6, 6.07) is 12.3. The smallest absolute Gasteiger partial charge is 0.244 e. The van der Waals surface area contributed by atoms with E-state index in [-0.39, 0.29) is 16.7 Å². The van der Waals surface area contributed by atoms with Crippen LogP contribution < -0.4 is 14.4 Å². The van der Waals surface area contributed by atoms with Crippen LogP contribution in [0, 0.1) is 0 Å². The van der Waals surface area contributed by atoms with Gasteiger partial charge in [0.25, 0.3) is 0 Å². The van der Waals surface area contributed by atoms with E-state index in [4.69, 9.17) is 21.1 Å². The molecule has 2 aliphatic rings. The van der Waals surface area contributed by atoms with Gasteiger partial charge in [0.15, 0.2) is 11.5 Å². The Hall–Kier alpha value is -1.96. The van der Waals surface area contributed by atoms with Crippen LogP contribution in [0.5, 0.6) is 11.5 Å². The van der Waals surface area contributed by atoms with E-state index in [1.165, 1.54) is 4.31 Å². The van der Waals surface area contributed by atoms with Crippen molar-refractivity contribution in [2.45, 2.75) is 4.90 Å². The Labute approximate surface area is 151 Å². The minimum absolute atomic E-state index is 0.160. The van der Waals surface area contributed by atoms with Gasteiger partial charge in [0.1, 0.15) is 4.90 Å². The molecule has 0 unspecified atom stereocenters. The molecule has 132 valence electrons. The Morgan fingerprint density at radius 1 is 0.920 bits per heavy atom. The Morgan fingerprint density at radius 2 is 1.64 bits per heavy atom. The average molecular weight is 381 g/mol. The topological polar surface area (TPSA) is 59.1 Å². The average Bonchev–Trinajstić information content (AvgIpc) is 3.10. The second kappa shape index (κ2) is 6.40. The van der Waals surface area contributed by atoms with Crippen LogP contribution in [-0.2, 0) is 10.0 Å². The summed E-state index contributed by atoms with van der Waals surface area (Å²) in [7, 11) is -3.58. The monoisotopic (exact) mass is 380 g/mol. The number of sulfonamides is 1. The fourth-order valence-corrected chi connectivity index (χ4v) is 4.98. The quantitative estimate of drug-likeness (QED) is 0.819. The van der Waals surface area contributed by atoms with Crippen molar-refractivity contribution >= 4 is 27.3 Å². The Morgan fingerprint density at radius 3 is 2.40 bits per heavy atom. The van der Waals surface area contributed by atoms with Crippen molar-refractivity contribution in [3.05, 3.63) is 47.5 Å². The molecule has 0 bridgehead atoms. The van der Waals surface area contributed by atoms with Gasteiger partial charge in [-0.2, -0.15) is 4.31 Å². The van der Waals surface area contributed by atoms with Crippen LogP contribution in [0.15, 0.2) is 47.4 Å². The third kappa shape index (κ3) is 3.03. The van der Waals surface area contributed by atoms with Crippen LogP contribution in [0.3, 0.4) is 0 Å². The SMILES string of the molecule is O=S(=O)(c1ccccc1Cl)N1CCN(c2ccc3c(c2)OCO3)CC1. The van der Waals surface area contributed by atoms with Crippen LogP contribution in [0.4, 0.5) is 5.69 Å². The van der Waals surface area contributed by atoms with E-state index in [9.17, 15) is 8.42 Å². The summed E-state index contributed by atoms with van der Waals surface area (Å²) in [6.07, 6.45) is 0. The van der Waals surface area contributed by atoms with Gasteiger partial charge in [0, 0.05) is 37.9 Å². The summed E-state index contributed by atoms with van der Waals surface area (Å²) in [5, 5.41) is 0.251. The number of piperazine rings is 1. The van der Waals surface area contributed by atoms with E-state index >= 15 is 0 Å². The van der Waals surface area contributed by atoms with Crippen molar-refractivity contribution in [2.24, 2.45) is 0 Å². The largest absolute Gasteiger partial charge is 0.454 e. The number of rotatable bonds is 3. The van der Waals surface area contributed by atoms with Gasteiger partial charge in [-0.15, -0.1) is 0 Å². The standard InChI is InChI=1S/C17H17ClN2O4S/c18-14-3-1-2-4-17(14)25(21,22)20-9-7-19(8-10-20)13-5-6-15-16(11-13)24-12-23-15/h1-6,11H,7-10,12H2. The van der Waals surface area contributed by atoms with Crippen LogP contribution in [0.1, 0.15) is 0 Å². The summed E-state index contributed by atoms with van der Waals surface area (Å²) in [5.41, 5.74) is 0.999. The van der Waals surface area contributed by atoms with Crippen molar-refractivity contribution in [3.8, 4) is 11.5 Å². The van der Waals surface area contributed by atoms with Crippen molar-refractivity contribution < 1.29 is 17.9 Å². The molecule has 1 saturated heterocycles. The maximum Gasteiger partial charge on any atom is 0.244 e. The van der Waals surface area contributed by atoms with Crippen LogP contribution >= 0.6 is 11.6 Å². The molecule has 0 N–H and O–H groups in total. The molecular formula is C17H17ClN2O4S. The molecule has 0 aromatic heterocycles. The second-order valence-corrected chi connectivity index (χ2v) is 8.17. The second-order valence-electron chi connectivity index (χ2n) is 5.86. The molecule has 0 aliphatic carbocycles. The highest BCUT2D eigenvalue weighted by Gasteiger charge is 2.30.